The number of nitrogens with zero attached hydrogens (tertiary/aromatic N) is 1. The van der Waals surface area contributed by atoms with Crippen LogP contribution < -0.4 is 14.2 Å². The van der Waals surface area contributed by atoms with Crippen molar-refractivity contribution in [3.8, 4) is 17.2 Å². The van der Waals surface area contributed by atoms with Gasteiger partial charge in [0.2, 0.25) is 0 Å². The number of rotatable bonds is 10. The van der Waals surface area contributed by atoms with E-state index in [0.29, 0.717) is 44.5 Å². The quantitative estimate of drug-likeness (QED) is 0.403. The van der Waals surface area contributed by atoms with Crippen LogP contribution in [0.3, 0.4) is 0 Å². The third-order valence-corrected chi connectivity index (χ3v) is 7.61. The number of carboxylic acid groups (broad SMARTS) is 1. The SMILES string of the molecule is COc1cc(C(O)C(Cc2nc3c(C(=O)O)ccc(OC)c3s2)OC2CCCC2)cc(OC)c1C. The van der Waals surface area contributed by atoms with Crippen LogP contribution >= 0.6 is 11.3 Å². The van der Waals surface area contributed by atoms with Gasteiger partial charge in [0.15, 0.2) is 0 Å². The van der Waals surface area contributed by atoms with Gasteiger partial charge in [-0.2, -0.15) is 0 Å². The first-order valence-corrected chi connectivity index (χ1v) is 12.4. The second-order valence-corrected chi connectivity index (χ2v) is 9.77. The van der Waals surface area contributed by atoms with Crippen LogP contribution in [0.2, 0.25) is 0 Å². The lowest BCUT2D eigenvalue weighted by molar-refractivity contribution is -0.0753. The number of benzene rings is 2. The molecule has 1 saturated carbocycles. The highest BCUT2D eigenvalue weighted by molar-refractivity contribution is 7.19. The molecule has 0 saturated heterocycles. The Bertz CT molecular complexity index is 1180. The van der Waals surface area contributed by atoms with Gasteiger partial charge < -0.3 is 29.2 Å². The molecule has 4 rings (SSSR count). The average Bonchev–Trinajstić information content (AvgIpc) is 3.52. The molecule has 9 heteroatoms. The van der Waals surface area contributed by atoms with Crippen LogP contribution in [-0.4, -0.2) is 54.7 Å². The Hall–Kier alpha value is -2.88. The molecule has 1 aliphatic carbocycles. The first-order valence-electron chi connectivity index (χ1n) is 11.6. The van der Waals surface area contributed by atoms with Crippen molar-refractivity contribution >= 4 is 27.5 Å². The van der Waals surface area contributed by atoms with Gasteiger partial charge in [-0.05, 0) is 49.6 Å². The summed E-state index contributed by atoms with van der Waals surface area (Å²) in [6.45, 7) is 1.90. The van der Waals surface area contributed by atoms with E-state index in [1.807, 2.05) is 6.92 Å². The topological polar surface area (TPSA) is 107 Å². The average molecular weight is 502 g/mol. The molecule has 1 heterocycles. The highest BCUT2D eigenvalue weighted by atomic mass is 32.1. The predicted octanol–water partition coefficient (Wildman–Crippen LogP) is 4.93. The van der Waals surface area contributed by atoms with E-state index in [-0.39, 0.29) is 11.7 Å². The Balaban J connectivity index is 1.71. The maximum absolute atomic E-state index is 11.8. The molecular formula is C26H31NO7S. The third-order valence-electron chi connectivity index (χ3n) is 6.52. The molecule has 0 amide bonds. The zero-order chi connectivity index (χ0) is 25.1. The van der Waals surface area contributed by atoms with Crippen molar-refractivity contribution in [2.45, 2.75) is 57.3 Å². The molecule has 2 aromatic carbocycles. The number of carbonyl (C=O) groups is 1. The number of fused-ring (bicyclic) bond motifs is 1. The van der Waals surface area contributed by atoms with Crippen molar-refractivity contribution in [1.82, 2.24) is 4.98 Å². The van der Waals surface area contributed by atoms with Gasteiger partial charge in [-0.25, -0.2) is 9.78 Å². The van der Waals surface area contributed by atoms with E-state index in [2.05, 4.69) is 4.98 Å². The smallest absolute Gasteiger partial charge is 0.337 e. The minimum Gasteiger partial charge on any atom is -0.496 e. The Morgan fingerprint density at radius 2 is 1.71 bits per heavy atom. The number of hydrogen-bond donors (Lipinski definition) is 2. The van der Waals surface area contributed by atoms with Crippen molar-refractivity contribution in [3.05, 3.63) is 46.0 Å². The Morgan fingerprint density at radius 3 is 2.29 bits per heavy atom. The lowest BCUT2D eigenvalue weighted by Gasteiger charge is -2.27. The lowest BCUT2D eigenvalue weighted by Crippen LogP contribution is -2.29. The van der Waals surface area contributed by atoms with E-state index in [1.54, 1.807) is 39.5 Å². The summed E-state index contributed by atoms with van der Waals surface area (Å²) in [5.74, 6) is 0.755. The molecule has 0 spiro atoms. The molecule has 1 aromatic heterocycles. The number of aromatic carboxylic acids is 1. The summed E-state index contributed by atoms with van der Waals surface area (Å²) in [4.78, 5) is 16.4. The Morgan fingerprint density at radius 1 is 1.09 bits per heavy atom. The van der Waals surface area contributed by atoms with Crippen LogP contribution in [0.4, 0.5) is 0 Å². The van der Waals surface area contributed by atoms with Crippen LogP contribution in [0.25, 0.3) is 10.2 Å². The molecule has 3 aromatic rings. The normalized spacial score (nSPS) is 15.8. The van der Waals surface area contributed by atoms with Gasteiger partial charge in [0.25, 0.3) is 0 Å². The number of thiazole rings is 1. The van der Waals surface area contributed by atoms with Gasteiger partial charge in [-0.15, -0.1) is 11.3 Å². The number of methoxy groups -OCH3 is 3. The van der Waals surface area contributed by atoms with Gasteiger partial charge >= 0.3 is 5.97 Å². The zero-order valence-corrected chi connectivity index (χ0v) is 21.2. The summed E-state index contributed by atoms with van der Waals surface area (Å²) in [6, 6.07) is 6.74. The third kappa shape index (κ3) is 5.22. The van der Waals surface area contributed by atoms with Crippen molar-refractivity contribution < 1.29 is 34.0 Å². The maximum Gasteiger partial charge on any atom is 0.337 e. The van der Waals surface area contributed by atoms with Gasteiger partial charge in [0.1, 0.15) is 23.4 Å². The highest BCUT2D eigenvalue weighted by Crippen LogP contribution is 2.38. The van der Waals surface area contributed by atoms with E-state index in [1.165, 1.54) is 17.4 Å². The second-order valence-electron chi connectivity index (χ2n) is 8.69. The Kier molecular flexibility index (Phi) is 7.78. The monoisotopic (exact) mass is 501 g/mol. The number of aliphatic hydroxyl groups excluding tert-OH is 1. The number of aliphatic hydroxyl groups is 1. The van der Waals surface area contributed by atoms with Gasteiger partial charge in [0, 0.05) is 12.0 Å². The zero-order valence-electron chi connectivity index (χ0n) is 20.4. The number of hydrogen-bond acceptors (Lipinski definition) is 8. The fourth-order valence-corrected chi connectivity index (χ4v) is 5.74. The standard InChI is InChI=1S/C26H31NO7S/c1-14-19(32-3)11-15(12-20(14)33-4)24(28)21(34-16-7-5-6-8-16)13-22-27-23-17(26(29)30)9-10-18(31-2)25(23)35-22/h9-12,16,21,24,28H,5-8,13H2,1-4H3,(H,29,30). The van der Waals surface area contributed by atoms with Gasteiger partial charge in [-0.1, -0.05) is 12.8 Å². The minimum atomic E-state index is -1.05. The molecule has 8 nitrogen and oxygen atoms in total. The van der Waals surface area contributed by atoms with E-state index in [4.69, 9.17) is 18.9 Å². The predicted molar refractivity (Wildman–Crippen MR) is 133 cm³/mol. The van der Waals surface area contributed by atoms with Crippen LogP contribution in [0, 0.1) is 6.92 Å². The summed E-state index contributed by atoms with van der Waals surface area (Å²) >= 11 is 1.36. The van der Waals surface area contributed by atoms with Crippen molar-refractivity contribution in [2.75, 3.05) is 21.3 Å². The molecule has 0 aliphatic heterocycles. The van der Waals surface area contributed by atoms with Crippen LogP contribution in [0.5, 0.6) is 17.2 Å². The molecule has 1 aliphatic rings. The van der Waals surface area contributed by atoms with Crippen molar-refractivity contribution in [2.24, 2.45) is 0 Å². The molecule has 0 bridgehead atoms. The first-order chi connectivity index (χ1) is 16.9. The summed E-state index contributed by atoms with van der Waals surface area (Å²) in [5, 5.41) is 21.8. The molecular weight excluding hydrogens is 470 g/mol. The van der Waals surface area contributed by atoms with Gasteiger partial charge in [0.05, 0.1) is 54.3 Å². The minimum absolute atomic E-state index is 0.0578. The van der Waals surface area contributed by atoms with Crippen molar-refractivity contribution in [3.63, 3.8) is 0 Å². The lowest BCUT2D eigenvalue weighted by atomic mass is 9.99. The maximum atomic E-state index is 11.8. The van der Waals surface area contributed by atoms with Crippen LogP contribution in [0.1, 0.15) is 58.3 Å². The largest absolute Gasteiger partial charge is 0.496 e. The summed E-state index contributed by atoms with van der Waals surface area (Å²) in [7, 11) is 4.71. The van der Waals surface area contributed by atoms with Crippen LogP contribution in [-0.2, 0) is 11.2 Å². The molecule has 188 valence electrons. The summed E-state index contributed by atoms with van der Waals surface area (Å²) in [6.07, 6.45) is 2.91. The fourth-order valence-electron chi connectivity index (χ4n) is 4.62. The molecule has 2 N–H and O–H groups in total. The number of aromatic nitrogens is 1. The van der Waals surface area contributed by atoms with E-state index in [0.717, 1.165) is 31.2 Å². The number of ether oxygens (including phenoxy) is 4. The van der Waals surface area contributed by atoms with Gasteiger partial charge in [-0.3, -0.25) is 0 Å². The molecule has 0 radical (unpaired) electrons. The summed E-state index contributed by atoms with van der Waals surface area (Å²) in [5.41, 5.74) is 1.96. The molecule has 1 fully saturated rings. The molecule has 2 unspecified atom stereocenters. The van der Waals surface area contributed by atoms with Crippen LogP contribution in [0.15, 0.2) is 24.3 Å². The molecule has 2 atom stereocenters. The first kappa shape index (κ1) is 25.2. The summed E-state index contributed by atoms with van der Waals surface area (Å²) < 4.78 is 23.5. The van der Waals surface area contributed by atoms with E-state index in [9.17, 15) is 15.0 Å². The second kappa shape index (κ2) is 10.8. The van der Waals surface area contributed by atoms with E-state index >= 15 is 0 Å². The highest BCUT2D eigenvalue weighted by Gasteiger charge is 2.30. The fraction of sp³-hybridized carbons (Fsp3) is 0.462. The Labute approximate surface area is 208 Å². The molecule has 35 heavy (non-hydrogen) atoms. The number of carboxylic acids is 1. The van der Waals surface area contributed by atoms with E-state index < -0.39 is 18.2 Å². The van der Waals surface area contributed by atoms with Crippen molar-refractivity contribution in [1.29, 1.82) is 0 Å².